The number of hydrogen-bond donors (Lipinski definition) is 4. The fraction of sp³-hybridized carbons (Fsp3) is 0.286. The Morgan fingerprint density at radius 3 is 2.60 bits per heavy atom. The fourth-order valence-corrected chi connectivity index (χ4v) is 3.79. The molecule has 0 bridgehead atoms. The van der Waals surface area contributed by atoms with Gasteiger partial charge in [-0.3, -0.25) is 10.8 Å². The SMILES string of the molecule is CN(C=N)C(=N)C1CCN(c2c(-c3ccc(F)nc3)cc(N)c(C=N)c2C#N)CC1. The first-order chi connectivity index (χ1) is 14.4. The number of nitrogens with two attached hydrogens (primary N) is 1. The number of piperidine rings is 1. The largest absolute Gasteiger partial charge is 0.398 e. The van der Waals surface area contributed by atoms with Crippen LogP contribution in [0, 0.1) is 39.4 Å². The summed E-state index contributed by atoms with van der Waals surface area (Å²) < 4.78 is 13.3. The van der Waals surface area contributed by atoms with Crippen LogP contribution in [0.15, 0.2) is 24.4 Å². The van der Waals surface area contributed by atoms with Crippen LogP contribution < -0.4 is 10.6 Å². The molecule has 0 atom stereocenters. The Hall–Kier alpha value is -3.80. The summed E-state index contributed by atoms with van der Waals surface area (Å²) in [5.74, 6) is -0.185. The molecule has 1 fully saturated rings. The third-order valence-corrected chi connectivity index (χ3v) is 5.44. The standard InChI is InChI=1S/C21H23FN8/c1-29(12-25)21(27)13-4-6-30(7-5-13)20-15(14-2-3-19(22)28-11-14)8-18(26)16(9-23)17(20)10-24/h2-3,8-9,11-13,23,25,27H,4-7,26H2,1H3. The molecule has 0 unspecified atom stereocenters. The minimum atomic E-state index is -0.598. The van der Waals surface area contributed by atoms with E-state index in [2.05, 4.69) is 16.0 Å². The van der Waals surface area contributed by atoms with Gasteiger partial charge in [0.2, 0.25) is 5.95 Å². The van der Waals surface area contributed by atoms with Gasteiger partial charge >= 0.3 is 0 Å². The predicted molar refractivity (Wildman–Crippen MR) is 116 cm³/mol. The lowest BCUT2D eigenvalue weighted by Crippen LogP contribution is -2.41. The Morgan fingerprint density at radius 2 is 2.07 bits per heavy atom. The molecule has 3 rings (SSSR count). The molecule has 0 amide bonds. The third kappa shape index (κ3) is 3.85. The van der Waals surface area contributed by atoms with E-state index in [1.807, 2.05) is 0 Å². The van der Waals surface area contributed by atoms with Crippen molar-refractivity contribution in [2.24, 2.45) is 5.92 Å². The molecule has 5 N–H and O–H groups in total. The summed E-state index contributed by atoms with van der Waals surface area (Å²) in [6, 6.07) is 6.73. The summed E-state index contributed by atoms with van der Waals surface area (Å²) in [5, 5.41) is 33.2. The van der Waals surface area contributed by atoms with Crippen molar-refractivity contribution >= 4 is 29.8 Å². The second-order valence-electron chi connectivity index (χ2n) is 7.16. The number of aromatic nitrogens is 1. The van der Waals surface area contributed by atoms with E-state index in [4.69, 9.17) is 22.0 Å². The van der Waals surface area contributed by atoms with Crippen molar-refractivity contribution in [3.05, 3.63) is 41.5 Å². The highest BCUT2D eigenvalue weighted by Gasteiger charge is 2.28. The molecule has 1 saturated heterocycles. The molecule has 30 heavy (non-hydrogen) atoms. The first-order valence-corrected chi connectivity index (χ1v) is 9.47. The van der Waals surface area contributed by atoms with Gasteiger partial charge in [-0.05, 0) is 31.0 Å². The number of nitrogens with one attached hydrogen (secondary N) is 3. The second kappa shape index (κ2) is 8.69. The summed E-state index contributed by atoms with van der Waals surface area (Å²) >= 11 is 0. The lowest BCUT2D eigenvalue weighted by Gasteiger charge is -2.37. The average molecular weight is 406 g/mol. The first kappa shape index (κ1) is 20.9. The Balaban J connectivity index is 2.04. The number of amidine groups is 1. The van der Waals surface area contributed by atoms with Crippen molar-refractivity contribution in [1.29, 1.82) is 21.5 Å². The number of nitrogen functional groups attached to an aromatic ring is 1. The molecule has 1 aliphatic rings. The maximum absolute atomic E-state index is 13.3. The lowest BCUT2D eigenvalue weighted by atomic mass is 9.91. The molecule has 1 aliphatic heterocycles. The Bertz CT molecular complexity index is 1020. The Morgan fingerprint density at radius 1 is 1.37 bits per heavy atom. The van der Waals surface area contributed by atoms with Gasteiger partial charge in [0.1, 0.15) is 11.9 Å². The molecule has 2 heterocycles. The molecule has 1 aromatic carbocycles. The van der Waals surface area contributed by atoms with Gasteiger partial charge in [0, 0.05) is 60.8 Å². The van der Waals surface area contributed by atoms with E-state index in [0.29, 0.717) is 65.4 Å². The molecule has 2 aromatic rings. The number of rotatable bonds is 5. The van der Waals surface area contributed by atoms with E-state index in [-0.39, 0.29) is 5.92 Å². The number of nitriles is 1. The zero-order valence-electron chi connectivity index (χ0n) is 16.6. The smallest absolute Gasteiger partial charge is 0.212 e. The molecular formula is C21H23FN8. The minimum absolute atomic E-state index is 0.0188. The van der Waals surface area contributed by atoms with Crippen LogP contribution in [-0.4, -0.2) is 48.4 Å². The van der Waals surface area contributed by atoms with E-state index >= 15 is 0 Å². The zero-order valence-corrected chi connectivity index (χ0v) is 16.6. The van der Waals surface area contributed by atoms with Crippen LogP contribution in [0.4, 0.5) is 15.8 Å². The Labute approximate surface area is 174 Å². The summed E-state index contributed by atoms with van der Waals surface area (Å²) in [6.07, 6.45) is 4.98. The molecule has 154 valence electrons. The molecule has 9 heteroatoms. The maximum Gasteiger partial charge on any atom is 0.212 e. The van der Waals surface area contributed by atoms with Gasteiger partial charge in [-0.15, -0.1) is 0 Å². The van der Waals surface area contributed by atoms with E-state index in [0.717, 1.165) is 12.6 Å². The fourth-order valence-electron chi connectivity index (χ4n) is 3.79. The number of pyridine rings is 1. The van der Waals surface area contributed by atoms with E-state index < -0.39 is 5.95 Å². The van der Waals surface area contributed by atoms with Crippen LogP contribution in [0.2, 0.25) is 0 Å². The van der Waals surface area contributed by atoms with Crippen LogP contribution in [0.3, 0.4) is 0 Å². The lowest BCUT2D eigenvalue weighted by molar-refractivity contribution is 0.473. The highest BCUT2D eigenvalue weighted by atomic mass is 19.1. The number of benzene rings is 1. The minimum Gasteiger partial charge on any atom is -0.398 e. The van der Waals surface area contributed by atoms with Crippen molar-refractivity contribution < 1.29 is 4.39 Å². The maximum atomic E-state index is 13.3. The van der Waals surface area contributed by atoms with Gasteiger partial charge in [-0.1, -0.05) is 0 Å². The third-order valence-electron chi connectivity index (χ3n) is 5.44. The van der Waals surface area contributed by atoms with Crippen molar-refractivity contribution in [3.63, 3.8) is 0 Å². The molecule has 0 spiro atoms. The summed E-state index contributed by atoms with van der Waals surface area (Å²) in [6.45, 7) is 1.19. The van der Waals surface area contributed by atoms with Gasteiger partial charge in [0.25, 0.3) is 0 Å². The van der Waals surface area contributed by atoms with Gasteiger partial charge in [-0.25, -0.2) is 4.98 Å². The van der Waals surface area contributed by atoms with Crippen LogP contribution in [0.5, 0.6) is 0 Å². The zero-order chi connectivity index (χ0) is 21.8. The average Bonchev–Trinajstić information content (AvgIpc) is 2.77. The normalized spacial score (nSPS) is 14.1. The van der Waals surface area contributed by atoms with E-state index in [1.165, 1.54) is 17.2 Å². The van der Waals surface area contributed by atoms with Crippen molar-refractivity contribution in [2.75, 3.05) is 30.8 Å². The number of nitrogens with zero attached hydrogens (tertiary/aromatic N) is 4. The summed E-state index contributed by atoms with van der Waals surface area (Å²) in [5.41, 5.74) is 9.00. The van der Waals surface area contributed by atoms with Gasteiger partial charge < -0.3 is 20.9 Å². The van der Waals surface area contributed by atoms with Crippen molar-refractivity contribution in [3.8, 4) is 17.2 Å². The molecule has 8 nitrogen and oxygen atoms in total. The predicted octanol–water partition coefficient (Wildman–Crippen LogP) is 3.07. The van der Waals surface area contributed by atoms with Crippen LogP contribution in [0.25, 0.3) is 11.1 Å². The van der Waals surface area contributed by atoms with Crippen LogP contribution in [-0.2, 0) is 0 Å². The van der Waals surface area contributed by atoms with Crippen LogP contribution in [0.1, 0.15) is 24.0 Å². The first-order valence-electron chi connectivity index (χ1n) is 9.47. The molecular weight excluding hydrogens is 383 g/mol. The topological polar surface area (TPSA) is 141 Å². The molecule has 1 aromatic heterocycles. The Kier molecular flexibility index (Phi) is 6.06. The molecule has 0 aliphatic carbocycles. The van der Waals surface area contributed by atoms with Crippen molar-refractivity contribution in [1.82, 2.24) is 9.88 Å². The van der Waals surface area contributed by atoms with Gasteiger partial charge in [0.05, 0.1) is 17.6 Å². The highest BCUT2D eigenvalue weighted by molar-refractivity contribution is 5.98. The number of hydrogen-bond acceptors (Lipinski definition) is 7. The van der Waals surface area contributed by atoms with Gasteiger partial charge in [0.15, 0.2) is 0 Å². The van der Waals surface area contributed by atoms with E-state index in [9.17, 15) is 9.65 Å². The number of anilines is 2. The molecule has 0 radical (unpaired) electrons. The van der Waals surface area contributed by atoms with E-state index in [1.54, 1.807) is 19.2 Å². The summed E-state index contributed by atoms with van der Waals surface area (Å²) in [4.78, 5) is 7.27. The second-order valence-corrected chi connectivity index (χ2v) is 7.16. The van der Waals surface area contributed by atoms with Crippen molar-refractivity contribution in [2.45, 2.75) is 12.8 Å². The van der Waals surface area contributed by atoms with Crippen LogP contribution >= 0.6 is 0 Å². The quantitative estimate of drug-likeness (QED) is 0.261. The number of halogens is 1. The van der Waals surface area contributed by atoms with Gasteiger partial charge in [-0.2, -0.15) is 9.65 Å². The summed E-state index contributed by atoms with van der Waals surface area (Å²) in [7, 11) is 1.69. The molecule has 0 saturated carbocycles. The highest BCUT2D eigenvalue weighted by Crippen LogP contribution is 2.39. The monoisotopic (exact) mass is 406 g/mol.